The Morgan fingerprint density at radius 1 is 1.13 bits per heavy atom. The second-order valence-corrected chi connectivity index (χ2v) is 10.8. The van der Waals surface area contributed by atoms with Crippen molar-refractivity contribution in [2.75, 3.05) is 37.8 Å². The van der Waals surface area contributed by atoms with Crippen LogP contribution in [0, 0.1) is 12.7 Å². The van der Waals surface area contributed by atoms with Crippen LogP contribution in [0.5, 0.6) is 0 Å². The lowest BCUT2D eigenvalue weighted by Crippen LogP contribution is -2.37. The lowest BCUT2D eigenvalue weighted by Gasteiger charge is -2.21. The molecule has 1 heterocycles. The summed E-state index contributed by atoms with van der Waals surface area (Å²) in [5.74, 6) is -1.86. The van der Waals surface area contributed by atoms with Crippen molar-refractivity contribution in [2.45, 2.75) is 18.2 Å². The molecule has 0 aliphatic rings. The van der Waals surface area contributed by atoms with Gasteiger partial charge in [0.25, 0.3) is 0 Å². The van der Waals surface area contributed by atoms with Crippen molar-refractivity contribution in [1.82, 2.24) is 9.88 Å². The molecule has 0 aliphatic carbocycles. The fourth-order valence-electron chi connectivity index (χ4n) is 3.04. The molecule has 0 aliphatic heterocycles. The largest absolute Gasteiger partial charge is 0.309 e. The molecule has 2 aromatic carbocycles. The van der Waals surface area contributed by atoms with Gasteiger partial charge in [-0.3, -0.25) is 9.69 Å². The average molecular weight is 484 g/mol. The number of amides is 1. The zero-order chi connectivity index (χ0) is 22.8. The Hall–Kier alpha value is -2.07. The number of benzene rings is 2. The first-order valence-corrected chi connectivity index (χ1v) is 12.4. The molecule has 0 saturated carbocycles. The molecule has 166 valence electrons. The summed E-state index contributed by atoms with van der Waals surface area (Å²) in [7, 11) is -0.0894. The summed E-state index contributed by atoms with van der Waals surface area (Å²) in [6, 6.07) is 8.07. The van der Waals surface area contributed by atoms with Crippen LogP contribution in [-0.4, -0.2) is 57.1 Å². The molecule has 0 radical (unpaired) electrons. The topological polar surface area (TPSA) is 70.6 Å². The standard InChI is InChI=1S/C21H23ClFN3O3S2/c1-14-5-10-17(22)20-19(14)24-21(30-20)26(12-4-11-25(2)3)18(27)13-31(28,29)16-8-6-15(23)7-9-16/h5-10H,4,11-13H2,1-3H3. The van der Waals surface area contributed by atoms with Crippen LogP contribution in [0.4, 0.5) is 9.52 Å². The Kier molecular flexibility index (Phi) is 7.31. The molecule has 6 nitrogen and oxygen atoms in total. The molecule has 1 amide bonds. The summed E-state index contributed by atoms with van der Waals surface area (Å²) in [4.78, 5) is 21.0. The van der Waals surface area contributed by atoms with E-state index < -0.39 is 27.3 Å². The lowest BCUT2D eigenvalue weighted by atomic mass is 10.2. The molecule has 1 aromatic heterocycles. The molecule has 0 atom stereocenters. The number of hydrogen-bond acceptors (Lipinski definition) is 6. The van der Waals surface area contributed by atoms with E-state index in [1.54, 1.807) is 6.07 Å². The van der Waals surface area contributed by atoms with Gasteiger partial charge in [-0.2, -0.15) is 0 Å². The third-order valence-corrected chi connectivity index (χ3v) is 7.85. The van der Waals surface area contributed by atoms with Crippen LogP contribution in [0.3, 0.4) is 0 Å². The highest BCUT2D eigenvalue weighted by atomic mass is 35.5. The number of thiazole rings is 1. The van der Waals surface area contributed by atoms with Crippen LogP contribution in [-0.2, 0) is 14.6 Å². The van der Waals surface area contributed by atoms with E-state index in [9.17, 15) is 17.6 Å². The molecule has 0 unspecified atom stereocenters. The van der Waals surface area contributed by atoms with Crippen molar-refractivity contribution in [3.05, 3.63) is 52.8 Å². The predicted molar refractivity (Wildman–Crippen MR) is 123 cm³/mol. The first-order valence-electron chi connectivity index (χ1n) is 9.57. The molecule has 3 rings (SSSR count). The van der Waals surface area contributed by atoms with E-state index in [2.05, 4.69) is 4.98 Å². The molecule has 0 saturated heterocycles. The number of nitrogens with zero attached hydrogens (tertiary/aromatic N) is 3. The number of fused-ring (bicyclic) bond motifs is 1. The number of anilines is 1. The third kappa shape index (κ3) is 5.60. The molecule has 0 N–H and O–H groups in total. The summed E-state index contributed by atoms with van der Waals surface area (Å²) in [6.07, 6.45) is 0.637. The maximum atomic E-state index is 13.2. The second-order valence-electron chi connectivity index (χ2n) is 7.45. The Labute approximate surface area is 190 Å². The number of carbonyl (C=O) groups is 1. The third-order valence-electron chi connectivity index (χ3n) is 4.69. The molecule has 3 aromatic rings. The van der Waals surface area contributed by atoms with Crippen LogP contribution in [0.2, 0.25) is 5.02 Å². The zero-order valence-electron chi connectivity index (χ0n) is 17.4. The molecular weight excluding hydrogens is 461 g/mol. The average Bonchev–Trinajstić information content (AvgIpc) is 3.14. The van der Waals surface area contributed by atoms with Crippen LogP contribution < -0.4 is 4.90 Å². The predicted octanol–water partition coefficient (Wildman–Crippen LogP) is 4.16. The molecule has 10 heteroatoms. The van der Waals surface area contributed by atoms with Gasteiger partial charge in [-0.15, -0.1) is 0 Å². The van der Waals surface area contributed by atoms with E-state index in [-0.39, 0.29) is 4.90 Å². The van der Waals surface area contributed by atoms with Crippen molar-refractivity contribution in [2.24, 2.45) is 0 Å². The fraction of sp³-hybridized carbons (Fsp3) is 0.333. The minimum absolute atomic E-state index is 0.0984. The van der Waals surface area contributed by atoms with Crippen molar-refractivity contribution < 1.29 is 17.6 Å². The molecule has 0 bridgehead atoms. The maximum absolute atomic E-state index is 13.2. The van der Waals surface area contributed by atoms with Crippen molar-refractivity contribution in [1.29, 1.82) is 0 Å². The van der Waals surface area contributed by atoms with Gasteiger partial charge in [-0.05, 0) is 69.9 Å². The van der Waals surface area contributed by atoms with E-state index in [0.29, 0.717) is 28.6 Å². The summed E-state index contributed by atoms with van der Waals surface area (Å²) in [5, 5.41) is 0.938. The van der Waals surface area contributed by atoms with Gasteiger partial charge < -0.3 is 4.90 Å². The SMILES string of the molecule is Cc1ccc(Cl)c2sc(N(CCCN(C)C)C(=O)CS(=O)(=O)c3ccc(F)cc3)nc12. The highest BCUT2D eigenvalue weighted by Crippen LogP contribution is 2.36. The molecule has 0 spiro atoms. The number of aromatic nitrogens is 1. The van der Waals surface area contributed by atoms with E-state index in [1.165, 1.54) is 16.2 Å². The van der Waals surface area contributed by atoms with Gasteiger partial charge in [0.05, 0.1) is 20.1 Å². The van der Waals surface area contributed by atoms with Crippen LogP contribution >= 0.6 is 22.9 Å². The van der Waals surface area contributed by atoms with Gasteiger partial charge in [0.15, 0.2) is 15.0 Å². The molecule has 31 heavy (non-hydrogen) atoms. The second kappa shape index (κ2) is 9.60. The summed E-state index contributed by atoms with van der Waals surface area (Å²) in [5.41, 5.74) is 1.61. The molecule has 0 fully saturated rings. The Bertz CT molecular complexity index is 1160. The van der Waals surface area contributed by atoms with Gasteiger partial charge in [0.2, 0.25) is 5.91 Å². The van der Waals surface area contributed by atoms with Crippen LogP contribution in [0.15, 0.2) is 41.3 Å². The van der Waals surface area contributed by atoms with E-state index in [0.717, 1.165) is 41.1 Å². The van der Waals surface area contributed by atoms with Crippen molar-refractivity contribution in [3.63, 3.8) is 0 Å². The van der Waals surface area contributed by atoms with Crippen molar-refractivity contribution in [3.8, 4) is 0 Å². The summed E-state index contributed by atoms with van der Waals surface area (Å²) in [6.45, 7) is 2.94. The van der Waals surface area contributed by atoms with E-state index >= 15 is 0 Å². The van der Waals surface area contributed by atoms with Crippen LogP contribution in [0.1, 0.15) is 12.0 Å². The smallest absolute Gasteiger partial charge is 0.244 e. The number of halogens is 2. The lowest BCUT2D eigenvalue weighted by molar-refractivity contribution is -0.116. The number of rotatable bonds is 8. The Morgan fingerprint density at radius 3 is 2.42 bits per heavy atom. The fourth-order valence-corrected chi connectivity index (χ4v) is 5.60. The van der Waals surface area contributed by atoms with Crippen LogP contribution in [0.25, 0.3) is 10.2 Å². The van der Waals surface area contributed by atoms with Gasteiger partial charge in [0.1, 0.15) is 11.6 Å². The Balaban J connectivity index is 1.93. The highest BCUT2D eigenvalue weighted by molar-refractivity contribution is 7.92. The number of aryl methyl sites for hydroxylation is 1. The summed E-state index contributed by atoms with van der Waals surface area (Å²) < 4.78 is 39.4. The zero-order valence-corrected chi connectivity index (χ0v) is 19.8. The Morgan fingerprint density at radius 2 is 1.81 bits per heavy atom. The number of sulfone groups is 1. The maximum Gasteiger partial charge on any atom is 0.244 e. The summed E-state index contributed by atoms with van der Waals surface area (Å²) >= 11 is 7.57. The van der Waals surface area contributed by atoms with Crippen molar-refractivity contribution >= 4 is 54.0 Å². The minimum atomic E-state index is -3.93. The first-order chi connectivity index (χ1) is 14.6. The normalized spacial score (nSPS) is 11.9. The molecular formula is C21H23ClFN3O3S2. The monoisotopic (exact) mass is 483 g/mol. The first kappa shape index (κ1) is 23.6. The van der Waals surface area contributed by atoms with Gasteiger partial charge in [0, 0.05) is 6.54 Å². The number of carbonyl (C=O) groups excluding carboxylic acids is 1. The van der Waals surface area contributed by atoms with Gasteiger partial charge in [-0.25, -0.2) is 17.8 Å². The quantitative estimate of drug-likeness (QED) is 0.450. The highest BCUT2D eigenvalue weighted by Gasteiger charge is 2.27. The van der Waals surface area contributed by atoms with Gasteiger partial charge in [-0.1, -0.05) is 29.0 Å². The van der Waals surface area contributed by atoms with E-state index in [4.69, 9.17) is 11.6 Å². The van der Waals surface area contributed by atoms with Gasteiger partial charge >= 0.3 is 0 Å². The van der Waals surface area contributed by atoms with E-state index in [1.807, 2.05) is 32.0 Å². The minimum Gasteiger partial charge on any atom is -0.309 e. The number of hydrogen-bond donors (Lipinski definition) is 0.